The summed E-state index contributed by atoms with van der Waals surface area (Å²) in [4.78, 5) is 35.1. The van der Waals surface area contributed by atoms with Crippen LogP contribution < -0.4 is 11.0 Å². The average Bonchev–Trinajstić information content (AvgIpc) is 2.87. The van der Waals surface area contributed by atoms with Crippen LogP contribution >= 0.6 is 0 Å². The van der Waals surface area contributed by atoms with Crippen LogP contribution in [-0.2, 0) is 16.1 Å². The second kappa shape index (κ2) is 10.7. The fourth-order valence-electron chi connectivity index (χ4n) is 3.84. The number of hydrogen-bond donors (Lipinski definition) is 0. The van der Waals surface area contributed by atoms with Crippen molar-refractivity contribution in [2.45, 2.75) is 26.8 Å². The molecule has 0 saturated carbocycles. The van der Waals surface area contributed by atoms with Crippen LogP contribution in [0.1, 0.15) is 30.0 Å². The molecule has 0 aliphatic carbocycles. The first kappa shape index (κ1) is 23.8. The van der Waals surface area contributed by atoms with Crippen LogP contribution in [0.2, 0.25) is 0 Å². The summed E-state index contributed by atoms with van der Waals surface area (Å²) in [6.07, 6.45) is 5.27. The fraction of sp³-hybridized carbons (Fsp3) is 0.222. The number of carbonyl (C=O) groups excluding carboxylic acids is 1. The van der Waals surface area contributed by atoms with Crippen LogP contribution in [0.3, 0.4) is 0 Å². The number of aryl methyl sites for hydroxylation is 2. The molecular weight excluding hydrogens is 442 g/mol. The van der Waals surface area contributed by atoms with Crippen molar-refractivity contribution in [3.05, 3.63) is 93.3 Å². The standard InChI is InChI=1S/C27H25N5O3/c1-3-35-16-8-15-31-25(29-23(33)13-12-20-10-5-4-6-11-20)21(18-28)17-22-26(31)30-24-19(2)9-7-14-32(24)27(22)34/h4-7,9-14,17H,3,8,15-16H2,1-2H3. The molecule has 0 aliphatic heterocycles. The van der Waals surface area contributed by atoms with E-state index in [0.717, 1.165) is 11.1 Å². The maximum Gasteiger partial charge on any atom is 0.271 e. The van der Waals surface area contributed by atoms with E-state index in [1.54, 1.807) is 22.9 Å². The van der Waals surface area contributed by atoms with Gasteiger partial charge in [0.25, 0.3) is 11.5 Å². The predicted molar refractivity (Wildman–Crippen MR) is 134 cm³/mol. The van der Waals surface area contributed by atoms with Crippen molar-refractivity contribution in [3.63, 3.8) is 0 Å². The van der Waals surface area contributed by atoms with E-state index in [9.17, 15) is 14.9 Å². The zero-order chi connectivity index (χ0) is 24.8. The zero-order valence-electron chi connectivity index (χ0n) is 19.6. The highest BCUT2D eigenvalue weighted by Crippen LogP contribution is 2.13. The highest BCUT2D eigenvalue weighted by Gasteiger charge is 2.15. The van der Waals surface area contributed by atoms with Gasteiger partial charge in [-0.3, -0.25) is 14.0 Å². The van der Waals surface area contributed by atoms with E-state index in [1.807, 2.05) is 50.2 Å². The number of fused-ring (bicyclic) bond motifs is 2. The molecule has 1 aromatic carbocycles. The Bertz CT molecular complexity index is 1590. The molecular formula is C27H25N5O3. The van der Waals surface area contributed by atoms with Crippen molar-refractivity contribution < 1.29 is 9.53 Å². The number of nitrogens with zero attached hydrogens (tertiary/aromatic N) is 5. The van der Waals surface area contributed by atoms with Gasteiger partial charge in [-0.2, -0.15) is 10.3 Å². The lowest BCUT2D eigenvalue weighted by Crippen LogP contribution is -2.30. The van der Waals surface area contributed by atoms with Gasteiger partial charge in [-0.05, 0) is 49.6 Å². The number of pyridine rings is 2. The molecule has 0 atom stereocenters. The van der Waals surface area contributed by atoms with Crippen LogP contribution in [0.5, 0.6) is 0 Å². The average molecular weight is 468 g/mol. The second-order valence-electron chi connectivity index (χ2n) is 7.93. The second-order valence-corrected chi connectivity index (χ2v) is 7.93. The molecule has 0 unspecified atom stereocenters. The van der Waals surface area contributed by atoms with Gasteiger partial charge >= 0.3 is 0 Å². The van der Waals surface area contributed by atoms with E-state index in [-0.39, 0.29) is 22.0 Å². The SMILES string of the molecule is CCOCCCn1c(=NC(=O)C=Cc2ccccc2)c(C#N)cc2c(=O)n3cccc(C)c3nc21. The molecule has 35 heavy (non-hydrogen) atoms. The third-order valence-electron chi connectivity index (χ3n) is 5.53. The Morgan fingerprint density at radius 3 is 2.74 bits per heavy atom. The highest BCUT2D eigenvalue weighted by atomic mass is 16.5. The number of aromatic nitrogens is 3. The maximum absolute atomic E-state index is 13.3. The van der Waals surface area contributed by atoms with Gasteiger partial charge in [0, 0.05) is 32.0 Å². The Labute approximate surface area is 202 Å². The van der Waals surface area contributed by atoms with Gasteiger partial charge in [0.1, 0.15) is 17.4 Å². The number of ether oxygens (including phenoxy) is 1. The molecule has 0 bridgehead atoms. The first-order chi connectivity index (χ1) is 17.0. The molecule has 0 saturated heterocycles. The van der Waals surface area contributed by atoms with Crippen LogP contribution in [-0.4, -0.2) is 33.1 Å². The van der Waals surface area contributed by atoms with Crippen molar-refractivity contribution in [2.75, 3.05) is 13.2 Å². The van der Waals surface area contributed by atoms with E-state index in [2.05, 4.69) is 11.1 Å². The Morgan fingerprint density at radius 1 is 1.20 bits per heavy atom. The van der Waals surface area contributed by atoms with Crippen molar-refractivity contribution in [3.8, 4) is 6.07 Å². The summed E-state index contributed by atoms with van der Waals surface area (Å²) in [6, 6.07) is 16.6. The highest BCUT2D eigenvalue weighted by molar-refractivity contribution is 5.92. The van der Waals surface area contributed by atoms with Gasteiger partial charge in [0.05, 0.1) is 10.9 Å². The van der Waals surface area contributed by atoms with Crippen LogP contribution in [0.15, 0.2) is 70.6 Å². The number of amides is 1. The number of nitriles is 1. The molecule has 4 aromatic rings. The first-order valence-electron chi connectivity index (χ1n) is 11.4. The van der Waals surface area contributed by atoms with Crippen LogP contribution in [0.4, 0.5) is 0 Å². The minimum Gasteiger partial charge on any atom is -0.382 e. The van der Waals surface area contributed by atoms with E-state index in [0.29, 0.717) is 37.5 Å². The lowest BCUT2D eigenvalue weighted by molar-refractivity contribution is -0.113. The molecule has 4 rings (SSSR count). The number of rotatable bonds is 7. The summed E-state index contributed by atoms with van der Waals surface area (Å²) < 4.78 is 8.61. The van der Waals surface area contributed by atoms with Crippen LogP contribution in [0, 0.1) is 18.3 Å². The fourth-order valence-corrected chi connectivity index (χ4v) is 3.84. The lowest BCUT2D eigenvalue weighted by atomic mass is 10.2. The van der Waals surface area contributed by atoms with Crippen molar-refractivity contribution >= 4 is 28.7 Å². The smallest absolute Gasteiger partial charge is 0.271 e. The molecule has 8 heteroatoms. The quantitative estimate of drug-likeness (QED) is 0.236. The Hall–Kier alpha value is -4.35. The van der Waals surface area contributed by atoms with Crippen molar-refractivity contribution in [2.24, 2.45) is 4.99 Å². The molecule has 0 N–H and O–H groups in total. The van der Waals surface area contributed by atoms with Gasteiger partial charge in [-0.25, -0.2) is 4.98 Å². The molecule has 3 heterocycles. The summed E-state index contributed by atoms with van der Waals surface area (Å²) in [5.41, 5.74) is 2.58. The summed E-state index contributed by atoms with van der Waals surface area (Å²) in [6.45, 7) is 5.21. The predicted octanol–water partition coefficient (Wildman–Crippen LogP) is 3.40. The molecule has 0 radical (unpaired) electrons. The third kappa shape index (κ3) is 5.10. The molecule has 0 aliphatic rings. The summed E-state index contributed by atoms with van der Waals surface area (Å²) >= 11 is 0. The zero-order valence-corrected chi connectivity index (χ0v) is 19.6. The number of carbonyl (C=O) groups is 1. The third-order valence-corrected chi connectivity index (χ3v) is 5.53. The van der Waals surface area contributed by atoms with E-state index < -0.39 is 5.91 Å². The molecule has 3 aromatic heterocycles. The Morgan fingerprint density at radius 2 is 2.00 bits per heavy atom. The molecule has 0 fully saturated rings. The molecule has 176 valence electrons. The Balaban J connectivity index is 1.94. The van der Waals surface area contributed by atoms with Gasteiger partial charge in [-0.1, -0.05) is 36.4 Å². The minimum atomic E-state index is -0.517. The largest absolute Gasteiger partial charge is 0.382 e. The van der Waals surface area contributed by atoms with E-state index in [4.69, 9.17) is 9.72 Å². The normalized spacial score (nSPS) is 12.0. The molecule has 8 nitrogen and oxygen atoms in total. The summed E-state index contributed by atoms with van der Waals surface area (Å²) in [5.74, 6) is -0.517. The molecule has 0 spiro atoms. The van der Waals surface area contributed by atoms with Gasteiger partial charge in [-0.15, -0.1) is 0 Å². The van der Waals surface area contributed by atoms with Crippen molar-refractivity contribution in [1.82, 2.24) is 14.0 Å². The van der Waals surface area contributed by atoms with E-state index in [1.165, 1.54) is 16.5 Å². The van der Waals surface area contributed by atoms with Crippen LogP contribution in [0.25, 0.3) is 22.8 Å². The van der Waals surface area contributed by atoms with Crippen molar-refractivity contribution in [1.29, 1.82) is 5.26 Å². The topological polar surface area (TPSA) is 102 Å². The summed E-state index contributed by atoms with van der Waals surface area (Å²) in [7, 11) is 0. The number of hydrogen-bond acceptors (Lipinski definition) is 5. The summed E-state index contributed by atoms with van der Waals surface area (Å²) in [5, 5.41) is 10.2. The van der Waals surface area contributed by atoms with Gasteiger partial charge in [0.2, 0.25) is 0 Å². The van der Waals surface area contributed by atoms with Gasteiger partial charge in [0.15, 0.2) is 5.49 Å². The monoisotopic (exact) mass is 467 g/mol. The molecule has 1 amide bonds. The maximum atomic E-state index is 13.3. The lowest BCUT2D eigenvalue weighted by Gasteiger charge is -2.14. The Kier molecular flexibility index (Phi) is 7.29. The van der Waals surface area contributed by atoms with Gasteiger partial charge < -0.3 is 9.30 Å². The minimum absolute atomic E-state index is 0.127. The number of benzene rings is 1. The first-order valence-corrected chi connectivity index (χ1v) is 11.4. The van der Waals surface area contributed by atoms with E-state index >= 15 is 0 Å².